The van der Waals surface area contributed by atoms with E-state index in [1.165, 1.54) is 5.56 Å². The standard InChI is InChI=1S/C35H33ClN2O4/c1-3-4-31(25-9-11-27(12-10-25)35(41)38-20-19-33(39)40)34(26-13-16-30(36)17-14-26)42-32-18-15-28(21-29(32)22-37)24-7-5-23(2)6-8-24/h5-18,21,31,34H,3-4,19-20H2,1-2H3,(H,38,41)(H,39,40)/t31-,34+/m1/s1. The minimum atomic E-state index is -0.967. The molecule has 0 aromatic heterocycles. The van der Waals surface area contributed by atoms with Crippen molar-refractivity contribution in [1.82, 2.24) is 5.32 Å². The lowest BCUT2D eigenvalue weighted by Gasteiger charge is -2.29. The summed E-state index contributed by atoms with van der Waals surface area (Å²) in [5.41, 5.74) is 5.91. The van der Waals surface area contributed by atoms with Crippen molar-refractivity contribution in [2.24, 2.45) is 0 Å². The van der Waals surface area contributed by atoms with Gasteiger partial charge in [-0.3, -0.25) is 9.59 Å². The summed E-state index contributed by atoms with van der Waals surface area (Å²) in [7, 11) is 0. The first kappa shape index (κ1) is 30.4. The van der Waals surface area contributed by atoms with E-state index < -0.39 is 12.1 Å². The minimum absolute atomic E-state index is 0.0603. The molecule has 2 N–H and O–H groups in total. The first-order chi connectivity index (χ1) is 20.3. The molecule has 214 valence electrons. The van der Waals surface area contributed by atoms with Crippen molar-refractivity contribution >= 4 is 23.5 Å². The van der Waals surface area contributed by atoms with Crippen LogP contribution < -0.4 is 10.1 Å². The van der Waals surface area contributed by atoms with E-state index in [9.17, 15) is 14.9 Å². The topological polar surface area (TPSA) is 99.4 Å². The number of nitrogens with one attached hydrogen (secondary N) is 1. The summed E-state index contributed by atoms with van der Waals surface area (Å²) in [5.74, 6) is -0.897. The molecule has 0 aliphatic rings. The maximum absolute atomic E-state index is 12.5. The molecule has 1 amide bonds. The second-order valence-corrected chi connectivity index (χ2v) is 10.6. The van der Waals surface area contributed by atoms with Gasteiger partial charge in [0, 0.05) is 23.0 Å². The molecule has 0 saturated heterocycles. The van der Waals surface area contributed by atoms with Gasteiger partial charge < -0.3 is 15.2 Å². The van der Waals surface area contributed by atoms with Gasteiger partial charge in [-0.2, -0.15) is 5.26 Å². The lowest BCUT2D eigenvalue weighted by molar-refractivity contribution is -0.136. The van der Waals surface area contributed by atoms with Crippen LogP contribution in [0.1, 0.15) is 70.8 Å². The van der Waals surface area contributed by atoms with Crippen LogP contribution in [0.5, 0.6) is 5.75 Å². The number of aryl methyl sites for hydroxylation is 1. The second-order valence-electron chi connectivity index (χ2n) is 10.2. The number of hydrogen-bond donors (Lipinski definition) is 2. The number of carbonyl (C=O) groups is 2. The van der Waals surface area contributed by atoms with E-state index in [1.54, 1.807) is 12.1 Å². The Morgan fingerprint density at radius 1 is 0.929 bits per heavy atom. The molecule has 4 aromatic carbocycles. The molecule has 42 heavy (non-hydrogen) atoms. The van der Waals surface area contributed by atoms with Gasteiger partial charge >= 0.3 is 5.97 Å². The zero-order valence-electron chi connectivity index (χ0n) is 23.6. The maximum Gasteiger partial charge on any atom is 0.305 e. The number of aliphatic carboxylic acids is 1. The Morgan fingerprint density at radius 3 is 2.19 bits per heavy atom. The fourth-order valence-corrected chi connectivity index (χ4v) is 5.01. The molecule has 6 nitrogen and oxygen atoms in total. The Labute approximate surface area is 251 Å². The van der Waals surface area contributed by atoms with Crippen molar-refractivity contribution in [3.63, 3.8) is 0 Å². The zero-order valence-corrected chi connectivity index (χ0v) is 24.4. The molecule has 0 unspecified atom stereocenters. The number of nitriles is 1. The van der Waals surface area contributed by atoms with Crippen molar-refractivity contribution in [1.29, 1.82) is 5.26 Å². The summed E-state index contributed by atoms with van der Waals surface area (Å²) in [6.07, 6.45) is 1.10. The summed E-state index contributed by atoms with van der Waals surface area (Å²) < 4.78 is 6.69. The fraction of sp³-hybridized carbons (Fsp3) is 0.229. The van der Waals surface area contributed by atoms with E-state index in [2.05, 4.69) is 18.3 Å². The zero-order chi connectivity index (χ0) is 30.1. The number of carboxylic acids is 1. The number of nitrogens with zero attached hydrogens (tertiary/aromatic N) is 1. The number of carbonyl (C=O) groups excluding carboxylic acids is 1. The highest BCUT2D eigenvalue weighted by molar-refractivity contribution is 6.30. The highest BCUT2D eigenvalue weighted by Gasteiger charge is 2.28. The van der Waals surface area contributed by atoms with E-state index in [0.29, 0.717) is 21.9 Å². The van der Waals surface area contributed by atoms with Crippen LogP contribution in [0.15, 0.2) is 91.0 Å². The molecular formula is C35H33ClN2O4. The Hall–Kier alpha value is -4.60. The maximum atomic E-state index is 12.5. The Bertz CT molecular complexity index is 1560. The van der Waals surface area contributed by atoms with Crippen LogP contribution in [0.4, 0.5) is 0 Å². The van der Waals surface area contributed by atoms with Crippen LogP contribution in [0.3, 0.4) is 0 Å². The van der Waals surface area contributed by atoms with Gasteiger partial charge in [0.1, 0.15) is 17.9 Å². The van der Waals surface area contributed by atoms with Crippen molar-refractivity contribution < 1.29 is 19.4 Å². The van der Waals surface area contributed by atoms with Gasteiger partial charge in [0.15, 0.2) is 0 Å². The third kappa shape index (κ3) is 7.78. The van der Waals surface area contributed by atoms with Gasteiger partial charge in [-0.1, -0.05) is 85.1 Å². The molecule has 0 aliphatic heterocycles. The number of ether oxygens (including phenoxy) is 1. The van der Waals surface area contributed by atoms with Crippen LogP contribution in [-0.4, -0.2) is 23.5 Å². The predicted octanol–water partition coefficient (Wildman–Crippen LogP) is 8.10. The molecule has 2 atom stereocenters. The molecule has 4 rings (SSSR count). The van der Waals surface area contributed by atoms with Gasteiger partial charge in [0.2, 0.25) is 0 Å². The molecule has 0 spiro atoms. The number of rotatable bonds is 12. The normalized spacial score (nSPS) is 12.1. The second kappa shape index (κ2) is 14.3. The number of hydrogen-bond acceptors (Lipinski definition) is 4. The first-order valence-electron chi connectivity index (χ1n) is 13.9. The minimum Gasteiger partial charge on any atom is -0.484 e. The van der Waals surface area contributed by atoms with Crippen LogP contribution >= 0.6 is 11.6 Å². The molecule has 0 fully saturated rings. The van der Waals surface area contributed by atoms with Crippen LogP contribution in [0, 0.1) is 18.3 Å². The van der Waals surface area contributed by atoms with Crippen molar-refractivity contribution in [3.8, 4) is 22.9 Å². The van der Waals surface area contributed by atoms with E-state index in [0.717, 1.165) is 35.1 Å². The average Bonchev–Trinajstić information content (AvgIpc) is 3.00. The summed E-state index contributed by atoms with van der Waals surface area (Å²) >= 11 is 6.21. The predicted molar refractivity (Wildman–Crippen MR) is 165 cm³/mol. The number of halogens is 1. The third-order valence-electron chi connectivity index (χ3n) is 7.13. The Balaban J connectivity index is 1.67. The van der Waals surface area contributed by atoms with E-state index in [-0.39, 0.29) is 24.8 Å². The van der Waals surface area contributed by atoms with Crippen LogP contribution in [0.2, 0.25) is 5.02 Å². The van der Waals surface area contributed by atoms with Crippen molar-refractivity contribution in [2.75, 3.05) is 6.54 Å². The molecule has 0 heterocycles. The van der Waals surface area contributed by atoms with Crippen molar-refractivity contribution in [2.45, 2.75) is 45.1 Å². The van der Waals surface area contributed by atoms with E-state index >= 15 is 0 Å². The van der Waals surface area contributed by atoms with Gasteiger partial charge in [-0.15, -0.1) is 0 Å². The first-order valence-corrected chi connectivity index (χ1v) is 14.3. The quantitative estimate of drug-likeness (QED) is 0.176. The van der Waals surface area contributed by atoms with Crippen LogP contribution in [0.25, 0.3) is 11.1 Å². The van der Waals surface area contributed by atoms with E-state index in [4.69, 9.17) is 21.4 Å². The average molecular weight is 581 g/mol. The smallest absolute Gasteiger partial charge is 0.305 e. The Morgan fingerprint density at radius 2 is 1.57 bits per heavy atom. The lowest BCUT2D eigenvalue weighted by atomic mass is 9.85. The van der Waals surface area contributed by atoms with Gasteiger partial charge in [-0.25, -0.2) is 0 Å². The highest BCUT2D eigenvalue weighted by atomic mass is 35.5. The molecule has 0 bridgehead atoms. The van der Waals surface area contributed by atoms with E-state index in [1.807, 2.05) is 85.8 Å². The summed E-state index contributed by atoms with van der Waals surface area (Å²) in [5, 5.41) is 22.1. The fourth-order valence-electron chi connectivity index (χ4n) is 4.89. The summed E-state index contributed by atoms with van der Waals surface area (Å²) in [4.78, 5) is 23.3. The SMILES string of the molecule is CCC[C@H](c1ccc(C(=O)NCCC(=O)O)cc1)[C@@H](Oc1ccc(-c2ccc(C)cc2)cc1C#N)c1ccc(Cl)cc1. The third-order valence-corrected chi connectivity index (χ3v) is 7.38. The monoisotopic (exact) mass is 580 g/mol. The molecule has 4 aromatic rings. The number of carboxylic acid groups (broad SMARTS) is 1. The lowest BCUT2D eigenvalue weighted by Crippen LogP contribution is -2.26. The highest BCUT2D eigenvalue weighted by Crippen LogP contribution is 2.40. The largest absolute Gasteiger partial charge is 0.484 e. The van der Waals surface area contributed by atoms with Gasteiger partial charge in [-0.05, 0) is 72.0 Å². The van der Waals surface area contributed by atoms with Crippen LogP contribution in [-0.2, 0) is 4.79 Å². The summed E-state index contributed by atoms with van der Waals surface area (Å²) in [6, 6.07) is 31.0. The molecular weight excluding hydrogens is 548 g/mol. The van der Waals surface area contributed by atoms with Gasteiger partial charge in [0.05, 0.1) is 12.0 Å². The van der Waals surface area contributed by atoms with Crippen molar-refractivity contribution in [3.05, 3.63) is 124 Å². The Kier molecular flexibility index (Phi) is 10.4. The number of amides is 1. The molecule has 0 saturated carbocycles. The number of benzene rings is 4. The summed E-state index contributed by atoms with van der Waals surface area (Å²) in [6.45, 7) is 4.20. The molecule has 0 radical (unpaired) electrons. The molecule has 0 aliphatic carbocycles. The molecule has 7 heteroatoms. The van der Waals surface area contributed by atoms with Gasteiger partial charge in [0.25, 0.3) is 5.91 Å².